The molecule has 1 heterocycles. The smallest absolute Gasteiger partial charge is 0.255 e. The number of amides is 2. The van der Waals surface area contributed by atoms with E-state index >= 15 is 0 Å². The van der Waals surface area contributed by atoms with Gasteiger partial charge in [0.25, 0.3) is 5.91 Å². The van der Waals surface area contributed by atoms with Gasteiger partial charge in [-0.3, -0.25) is 9.59 Å². The van der Waals surface area contributed by atoms with Gasteiger partial charge in [0, 0.05) is 24.2 Å². The molecule has 1 aliphatic heterocycles. The van der Waals surface area contributed by atoms with Crippen molar-refractivity contribution in [2.24, 2.45) is 0 Å². The van der Waals surface area contributed by atoms with Crippen molar-refractivity contribution < 1.29 is 9.59 Å². The minimum Gasteiger partial charge on any atom is -0.381 e. The molecule has 0 saturated carbocycles. The zero-order valence-electron chi connectivity index (χ0n) is 15.8. The van der Waals surface area contributed by atoms with E-state index in [4.69, 9.17) is 0 Å². The summed E-state index contributed by atoms with van der Waals surface area (Å²) >= 11 is 0. The molecule has 6 nitrogen and oxygen atoms in total. The summed E-state index contributed by atoms with van der Waals surface area (Å²) < 4.78 is 0. The van der Waals surface area contributed by atoms with Gasteiger partial charge in [-0.25, -0.2) is 0 Å². The Hall–Kier alpha value is -2.86. The topological polar surface area (TPSA) is 73.5 Å². The molecule has 0 aromatic heterocycles. The van der Waals surface area contributed by atoms with Gasteiger partial charge in [-0.2, -0.15) is 0 Å². The van der Waals surface area contributed by atoms with Crippen LogP contribution in [0.4, 0.5) is 17.1 Å². The van der Waals surface area contributed by atoms with Gasteiger partial charge in [0.05, 0.1) is 11.4 Å². The van der Waals surface area contributed by atoms with Gasteiger partial charge in [-0.15, -0.1) is 0 Å². The summed E-state index contributed by atoms with van der Waals surface area (Å²) in [5, 5.41) is 9.25. The van der Waals surface area contributed by atoms with Gasteiger partial charge in [0.1, 0.15) is 0 Å². The van der Waals surface area contributed by atoms with Crippen molar-refractivity contribution in [2.45, 2.75) is 25.8 Å². The lowest BCUT2D eigenvalue weighted by molar-refractivity contribution is -0.114. The number of nitrogens with zero attached hydrogens (tertiary/aromatic N) is 1. The van der Waals surface area contributed by atoms with Crippen LogP contribution in [0.1, 0.15) is 30.1 Å². The maximum atomic E-state index is 12.6. The highest BCUT2D eigenvalue weighted by Crippen LogP contribution is 2.25. The second-order valence-corrected chi connectivity index (χ2v) is 6.98. The van der Waals surface area contributed by atoms with Crippen LogP contribution in [0.15, 0.2) is 48.5 Å². The number of hydrogen-bond acceptors (Lipinski definition) is 4. The van der Waals surface area contributed by atoms with Crippen LogP contribution < -0.4 is 16.0 Å². The molecule has 3 N–H and O–H groups in total. The standard InChI is InChI=1S/C21H26N4O2/c1-15(26)22-17-9-7-16(8-10-17)21(27)24-20-6-4-3-5-19(20)23-18-11-13-25(2)14-12-18/h3-10,18,23H,11-14H2,1-2H3,(H,22,26)(H,24,27). The molecule has 6 heteroatoms. The lowest BCUT2D eigenvalue weighted by Crippen LogP contribution is -2.36. The molecule has 2 amide bonds. The Morgan fingerprint density at radius 3 is 2.19 bits per heavy atom. The number of benzene rings is 2. The molecule has 0 unspecified atom stereocenters. The van der Waals surface area contributed by atoms with Crippen LogP contribution in [0, 0.1) is 0 Å². The van der Waals surface area contributed by atoms with E-state index in [9.17, 15) is 9.59 Å². The van der Waals surface area contributed by atoms with Crippen LogP contribution in [0.3, 0.4) is 0 Å². The van der Waals surface area contributed by atoms with E-state index in [1.165, 1.54) is 6.92 Å². The second-order valence-electron chi connectivity index (χ2n) is 6.98. The van der Waals surface area contributed by atoms with Crippen LogP contribution in [0.25, 0.3) is 0 Å². The summed E-state index contributed by atoms with van der Waals surface area (Å²) in [5.74, 6) is -0.317. The summed E-state index contributed by atoms with van der Waals surface area (Å²) in [6, 6.07) is 15.0. The molecule has 0 bridgehead atoms. The number of hydrogen-bond donors (Lipinski definition) is 3. The molecular weight excluding hydrogens is 340 g/mol. The molecule has 27 heavy (non-hydrogen) atoms. The Morgan fingerprint density at radius 1 is 0.926 bits per heavy atom. The first-order valence-electron chi connectivity index (χ1n) is 9.24. The number of rotatable bonds is 5. The zero-order valence-corrected chi connectivity index (χ0v) is 15.8. The van der Waals surface area contributed by atoms with Crippen molar-refractivity contribution in [2.75, 3.05) is 36.1 Å². The number of para-hydroxylation sites is 2. The van der Waals surface area contributed by atoms with Crippen molar-refractivity contribution >= 4 is 28.9 Å². The van der Waals surface area contributed by atoms with E-state index < -0.39 is 0 Å². The Balaban J connectivity index is 1.66. The largest absolute Gasteiger partial charge is 0.381 e. The fourth-order valence-corrected chi connectivity index (χ4v) is 3.19. The lowest BCUT2D eigenvalue weighted by atomic mass is 10.0. The van der Waals surface area contributed by atoms with Gasteiger partial charge in [-0.05, 0) is 69.4 Å². The fourth-order valence-electron chi connectivity index (χ4n) is 3.19. The Morgan fingerprint density at radius 2 is 1.56 bits per heavy atom. The third kappa shape index (κ3) is 5.31. The van der Waals surface area contributed by atoms with Gasteiger partial charge in [-0.1, -0.05) is 12.1 Å². The van der Waals surface area contributed by atoms with Crippen LogP contribution >= 0.6 is 0 Å². The minimum atomic E-state index is -0.179. The normalized spacial score (nSPS) is 15.2. The first-order valence-corrected chi connectivity index (χ1v) is 9.24. The Labute approximate surface area is 159 Å². The molecule has 2 aromatic carbocycles. The monoisotopic (exact) mass is 366 g/mol. The zero-order chi connectivity index (χ0) is 19.2. The Kier molecular flexibility index (Phi) is 6.08. The van der Waals surface area contributed by atoms with Gasteiger partial charge in [0.2, 0.25) is 5.91 Å². The highest BCUT2D eigenvalue weighted by Gasteiger charge is 2.18. The predicted molar refractivity (Wildman–Crippen MR) is 109 cm³/mol. The van der Waals surface area contributed by atoms with Crippen LogP contribution in [0.5, 0.6) is 0 Å². The molecule has 142 valence electrons. The third-order valence-electron chi connectivity index (χ3n) is 4.72. The fraction of sp³-hybridized carbons (Fsp3) is 0.333. The summed E-state index contributed by atoms with van der Waals surface area (Å²) in [6.07, 6.45) is 2.17. The van der Waals surface area contributed by atoms with Crippen LogP contribution in [-0.4, -0.2) is 42.9 Å². The van der Waals surface area contributed by atoms with Crippen molar-refractivity contribution in [3.05, 3.63) is 54.1 Å². The van der Waals surface area contributed by atoms with E-state index in [0.29, 0.717) is 17.3 Å². The Bertz CT molecular complexity index is 796. The SMILES string of the molecule is CC(=O)Nc1ccc(C(=O)Nc2ccccc2NC2CCN(C)CC2)cc1. The molecule has 0 aliphatic carbocycles. The van der Waals surface area contributed by atoms with Crippen molar-refractivity contribution in [1.29, 1.82) is 0 Å². The van der Waals surface area contributed by atoms with E-state index in [-0.39, 0.29) is 11.8 Å². The van der Waals surface area contributed by atoms with Crippen molar-refractivity contribution in [3.63, 3.8) is 0 Å². The van der Waals surface area contributed by atoms with Gasteiger partial charge >= 0.3 is 0 Å². The number of carbonyl (C=O) groups is 2. The number of carbonyl (C=O) groups excluding carboxylic acids is 2. The summed E-state index contributed by atoms with van der Waals surface area (Å²) in [5.41, 5.74) is 2.92. The molecule has 1 fully saturated rings. The molecule has 3 rings (SSSR count). The third-order valence-corrected chi connectivity index (χ3v) is 4.72. The van der Waals surface area contributed by atoms with Gasteiger partial charge in [0.15, 0.2) is 0 Å². The molecule has 0 spiro atoms. The molecule has 2 aromatic rings. The van der Waals surface area contributed by atoms with Gasteiger partial charge < -0.3 is 20.9 Å². The highest BCUT2D eigenvalue weighted by molar-refractivity contribution is 6.06. The van der Waals surface area contributed by atoms with E-state index in [1.54, 1.807) is 24.3 Å². The molecule has 0 radical (unpaired) electrons. The minimum absolute atomic E-state index is 0.138. The summed E-state index contributed by atoms with van der Waals surface area (Å²) in [7, 11) is 2.14. The quantitative estimate of drug-likeness (QED) is 0.758. The first-order chi connectivity index (χ1) is 13.0. The average Bonchev–Trinajstić information content (AvgIpc) is 2.65. The number of anilines is 3. The number of likely N-dealkylation sites (tertiary alicyclic amines) is 1. The van der Waals surface area contributed by atoms with Crippen molar-refractivity contribution in [3.8, 4) is 0 Å². The maximum Gasteiger partial charge on any atom is 0.255 e. The van der Waals surface area contributed by atoms with E-state index in [1.807, 2.05) is 24.3 Å². The highest BCUT2D eigenvalue weighted by atomic mass is 16.2. The molecule has 1 aliphatic rings. The average molecular weight is 366 g/mol. The lowest BCUT2D eigenvalue weighted by Gasteiger charge is -2.30. The predicted octanol–water partition coefficient (Wildman–Crippen LogP) is 3.40. The molecular formula is C21H26N4O2. The van der Waals surface area contributed by atoms with Crippen molar-refractivity contribution in [1.82, 2.24) is 4.90 Å². The maximum absolute atomic E-state index is 12.6. The number of nitrogens with one attached hydrogen (secondary N) is 3. The number of piperidine rings is 1. The summed E-state index contributed by atoms with van der Waals surface area (Å²) in [4.78, 5) is 26.0. The molecule has 1 saturated heterocycles. The van der Waals surface area contributed by atoms with Crippen LogP contribution in [-0.2, 0) is 4.79 Å². The molecule has 0 atom stereocenters. The summed E-state index contributed by atoms with van der Waals surface area (Å²) in [6.45, 7) is 3.61. The first kappa shape index (κ1) is 18.9. The second kappa shape index (κ2) is 8.68. The van der Waals surface area contributed by atoms with E-state index in [2.05, 4.69) is 27.9 Å². The van der Waals surface area contributed by atoms with Crippen LogP contribution in [0.2, 0.25) is 0 Å². The van der Waals surface area contributed by atoms with E-state index in [0.717, 1.165) is 37.3 Å².